The molecule has 0 N–H and O–H groups in total. The summed E-state index contributed by atoms with van der Waals surface area (Å²) >= 11 is 0. The number of benzene rings is 1. The fourth-order valence-electron chi connectivity index (χ4n) is 4.09. The summed E-state index contributed by atoms with van der Waals surface area (Å²) in [6.07, 6.45) is 5.30. The van der Waals surface area contributed by atoms with Crippen LogP contribution in [0.2, 0.25) is 0 Å². The first-order valence-electron chi connectivity index (χ1n) is 9.14. The molecule has 0 unspecified atom stereocenters. The van der Waals surface area contributed by atoms with Crippen molar-refractivity contribution >= 4 is 22.6 Å². The number of piperidine rings is 1. The average Bonchev–Trinajstić information content (AvgIpc) is 2.99. The molecule has 0 amide bonds. The number of hydrogen-bond acceptors (Lipinski definition) is 4. The van der Waals surface area contributed by atoms with E-state index in [0.717, 1.165) is 55.0 Å². The lowest BCUT2D eigenvalue weighted by Crippen LogP contribution is -2.46. The molecule has 5 nitrogen and oxygen atoms in total. The van der Waals surface area contributed by atoms with Crippen molar-refractivity contribution in [3.63, 3.8) is 0 Å². The molecule has 0 spiro atoms. The molecule has 4 rings (SSSR count). The van der Waals surface area contributed by atoms with Crippen LogP contribution in [0.25, 0.3) is 16.8 Å². The number of nitrogens with zero attached hydrogens (tertiary/aromatic N) is 4. The Morgan fingerprint density at radius 1 is 1.12 bits per heavy atom. The highest BCUT2D eigenvalue weighted by atomic mass is 16.5. The summed E-state index contributed by atoms with van der Waals surface area (Å²) < 4.78 is 7.98. The molecule has 0 bridgehead atoms. The van der Waals surface area contributed by atoms with Gasteiger partial charge in [-0.05, 0) is 43.4 Å². The summed E-state index contributed by atoms with van der Waals surface area (Å²) in [5.41, 5.74) is 2.11. The molecule has 25 heavy (non-hydrogen) atoms. The molecule has 1 saturated heterocycles. The molecule has 3 heterocycles. The van der Waals surface area contributed by atoms with Gasteiger partial charge in [-0.3, -0.25) is 4.40 Å². The Bertz CT molecular complexity index is 878. The quantitative estimate of drug-likeness (QED) is 0.723. The van der Waals surface area contributed by atoms with Gasteiger partial charge in [0.25, 0.3) is 0 Å². The summed E-state index contributed by atoms with van der Waals surface area (Å²) in [5, 5.41) is 0. The van der Waals surface area contributed by atoms with E-state index in [9.17, 15) is 0 Å². The van der Waals surface area contributed by atoms with E-state index in [1.165, 1.54) is 0 Å². The maximum atomic E-state index is 5.92. The van der Waals surface area contributed by atoms with E-state index < -0.39 is 0 Å². The Kier molecular flexibility index (Phi) is 4.12. The molecule has 1 aromatic carbocycles. The maximum absolute atomic E-state index is 5.92. The smallest absolute Gasteiger partial charge is 0.236 e. The van der Waals surface area contributed by atoms with Crippen molar-refractivity contribution in [1.82, 2.24) is 14.4 Å². The van der Waals surface area contributed by atoms with E-state index in [4.69, 9.17) is 9.72 Å². The van der Waals surface area contributed by atoms with Gasteiger partial charge in [0.15, 0.2) is 0 Å². The van der Waals surface area contributed by atoms with Gasteiger partial charge in [0, 0.05) is 26.4 Å². The second-order valence-corrected chi connectivity index (χ2v) is 7.53. The molecule has 132 valence electrons. The molecule has 0 radical (unpaired) electrons. The summed E-state index contributed by atoms with van der Waals surface area (Å²) in [4.78, 5) is 11.8. The van der Waals surface area contributed by atoms with Gasteiger partial charge >= 0.3 is 0 Å². The Labute approximate surface area is 148 Å². The van der Waals surface area contributed by atoms with Crippen molar-refractivity contribution in [2.45, 2.75) is 38.7 Å². The lowest BCUT2D eigenvalue weighted by Gasteiger charge is -2.42. The van der Waals surface area contributed by atoms with E-state index in [1.54, 1.807) is 0 Å². The van der Waals surface area contributed by atoms with Crippen LogP contribution in [-0.2, 0) is 4.74 Å². The van der Waals surface area contributed by atoms with Crippen molar-refractivity contribution in [2.75, 3.05) is 25.1 Å². The van der Waals surface area contributed by atoms with Crippen molar-refractivity contribution in [2.24, 2.45) is 5.92 Å². The lowest BCUT2D eigenvalue weighted by atomic mass is 9.83. The zero-order valence-electron chi connectivity index (χ0n) is 15.3. The molecular formula is C20H26N4O. The van der Waals surface area contributed by atoms with Crippen LogP contribution in [0.5, 0.6) is 0 Å². The largest absolute Gasteiger partial charge is 0.378 e. The van der Waals surface area contributed by atoms with E-state index in [0.29, 0.717) is 5.92 Å². The number of hydrogen-bond donors (Lipinski definition) is 0. The number of fused-ring (bicyclic) bond motifs is 3. The van der Waals surface area contributed by atoms with Crippen LogP contribution in [0.1, 0.15) is 33.1 Å². The number of imidazole rings is 1. The van der Waals surface area contributed by atoms with Gasteiger partial charge in [-0.25, -0.2) is 4.98 Å². The van der Waals surface area contributed by atoms with Gasteiger partial charge in [-0.1, -0.05) is 26.0 Å². The lowest BCUT2D eigenvalue weighted by molar-refractivity contribution is -0.0445. The monoisotopic (exact) mass is 338 g/mol. The minimum absolute atomic E-state index is 0.0246. The van der Waals surface area contributed by atoms with E-state index >= 15 is 0 Å². The fraction of sp³-hybridized carbons (Fsp3) is 0.500. The number of aromatic nitrogens is 3. The van der Waals surface area contributed by atoms with Crippen molar-refractivity contribution in [3.8, 4) is 0 Å². The van der Waals surface area contributed by atoms with Gasteiger partial charge in [0.05, 0.1) is 16.6 Å². The summed E-state index contributed by atoms with van der Waals surface area (Å²) in [7, 11) is 1.86. The topological polar surface area (TPSA) is 42.7 Å². The maximum Gasteiger partial charge on any atom is 0.236 e. The molecule has 1 fully saturated rings. The Balaban J connectivity index is 1.58. The molecule has 0 aliphatic carbocycles. The third-order valence-electron chi connectivity index (χ3n) is 5.38. The third kappa shape index (κ3) is 2.97. The fourth-order valence-corrected chi connectivity index (χ4v) is 4.09. The van der Waals surface area contributed by atoms with Crippen LogP contribution in [0.15, 0.2) is 36.5 Å². The van der Waals surface area contributed by atoms with Gasteiger partial charge in [-0.15, -0.1) is 0 Å². The van der Waals surface area contributed by atoms with Gasteiger partial charge in [-0.2, -0.15) is 4.98 Å². The second-order valence-electron chi connectivity index (χ2n) is 7.53. The van der Waals surface area contributed by atoms with Crippen molar-refractivity contribution in [3.05, 3.63) is 36.5 Å². The highest BCUT2D eigenvalue weighted by molar-refractivity contribution is 5.79. The number of rotatable bonds is 4. The van der Waals surface area contributed by atoms with Crippen LogP contribution in [0, 0.1) is 5.92 Å². The van der Waals surface area contributed by atoms with Gasteiger partial charge in [0.2, 0.25) is 5.78 Å². The van der Waals surface area contributed by atoms with Gasteiger partial charge < -0.3 is 9.64 Å². The summed E-state index contributed by atoms with van der Waals surface area (Å²) in [5.74, 6) is 2.43. The van der Waals surface area contributed by atoms with Crippen LogP contribution >= 0.6 is 0 Å². The number of methoxy groups -OCH3 is 1. The van der Waals surface area contributed by atoms with Crippen molar-refractivity contribution in [1.29, 1.82) is 0 Å². The standard InChI is InChI=1S/C20H26N4O/c1-15(2)14-20(25-3)9-12-23(13-10-20)18-8-11-24-17-7-5-4-6-16(17)21-19(24)22-18/h4-8,11,15H,9-10,12-14H2,1-3H3. The molecule has 0 saturated carbocycles. The molecule has 2 aromatic heterocycles. The van der Waals surface area contributed by atoms with E-state index in [2.05, 4.69) is 46.5 Å². The molecule has 5 heteroatoms. The zero-order chi connectivity index (χ0) is 17.4. The molecular weight excluding hydrogens is 312 g/mol. The third-order valence-corrected chi connectivity index (χ3v) is 5.38. The highest BCUT2D eigenvalue weighted by Gasteiger charge is 2.35. The Hall–Kier alpha value is -2.14. The first-order valence-corrected chi connectivity index (χ1v) is 9.14. The second kappa shape index (κ2) is 6.30. The minimum atomic E-state index is 0.0246. The molecule has 3 aromatic rings. The van der Waals surface area contributed by atoms with Crippen LogP contribution < -0.4 is 4.90 Å². The van der Waals surface area contributed by atoms with Crippen LogP contribution in [0.3, 0.4) is 0 Å². The van der Waals surface area contributed by atoms with Crippen molar-refractivity contribution < 1.29 is 4.74 Å². The molecule has 0 atom stereocenters. The first-order chi connectivity index (χ1) is 12.1. The van der Waals surface area contributed by atoms with Crippen LogP contribution in [0.4, 0.5) is 5.82 Å². The first kappa shape index (κ1) is 16.3. The van der Waals surface area contributed by atoms with E-state index in [1.807, 2.05) is 25.3 Å². The molecule has 1 aliphatic rings. The Morgan fingerprint density at radius 2 is 1.88 bits per heavy atom. The van der Waals surface area contributed by atoms with Crippen LogP contribution in [-0.4, -0.2) is 40.2 Å². The zero-order valence-corrected chi connectivity index (χ0v) is 15.3. The number of para-hydroxylation sites is 2. The predicted octanol–water partition coefficient (Wildman–Crippen LogP) is 3.91. The highest BCUT2D eigenvalue weighted by Crippen LogP contribution is 2.33. The van der Waals surface area contributed by atoms with Gasteiger partial charge in [0.1, 0.15) is 5.82 Å². The normalized spacial score (nSPS) is 17.7. The number of ether oxygens (including phenoxy) is 1. The Morgan fingerprint density at radius 3 is 2.60 bits per heavy atom. The van der Waals surface area contributed by atoms with E-state index in [-0.39, 0.29) is 5.60 Å². The summed E-state index contributed by atoms with van der Waals surface area (Å²) in [6, 6.07) is 10.3. The minimum Gasteiger partial charge on any atom is -0.378 e. The average molecular weight is 338 g/mol. The molecule has 1 aliphatic heterocycles. The summed E-state index contributed by atoms with van der Waals surface area (Å²) in [6.45, 7) is 6.49. The SMILES string of the molecule is COC1(CC(C)C)CCN(c2ccn3c(n2)nc2ccccc23)CC1. The number of anilines is 1. The predicted molar refractivity (Wildman–Crippen MR) is 101 cm³/mol.